The molecule has 0 unspecified atom stereocenters. The van der Waals surface area contributed by atoms with E-state index in [0.717, 1.165) is 34.0 Å². The zero-order valence-electron chi connectivity index (χ0n) is 12.9. The Morgan fingerprint density at radius 2 is 1.74 bits per heavy atom. The molecule has 3 heteroatoms. The summed E-state index contributed by atoms with van der Waals surface area (Å²) in [4.78, 5) is 17.6. The Kier molecular flexibility index (Phi) is 3.19. The molecule has 0 aliphatic carbocycles. The number of fused-ring (bicyclic) bond motifs is 2. The number of pyridine rings is 2. The number of nitrogens with zero attached hydrogens (tertiary/aromatic N) is 2. The first-order chi connectivity index (χ1) is 11.3. The van der Waals surface area contributed by atoms with Gasteiger partial charge >= 0.3 is 0 Å². The summed E-state index contributed by atoms with van der Waals surface area (Å²) in [6.07, 6.45) is 1.92. The van der Waals surface area contributed by atoms with Crippen molar-refractivity contribution in [2.75, 3.05) is 0 Å². The van der Waals surface area contributed by atoms with E-state index in [0.29, 0.717) is 5.56 Å². The molecule has 0 aliphatic rings. The normalized spacial score (nSPS) is 11.2. The van der Waals surface area contributed by atoms with Crippen LogP contribution in [0.15, 0.2) is 71.7 Å². The fourth-order valence-electron chi connectivity index (χ4n) is 3.01. The fourth-order valence-corrected chi connectivity index (χ4v) is 3.01. The number of hydrogen-bond acceptors (Lipinski definition) is 2. The quantitative estimate of drug-likeness (QED) is 0.555. The van der Waals surface area contributed by atoms with Gasteiger partial charge in [0.15, 0.2) is 5.43 Å². The van der Waals surface area contributed by atoms with Crippen LogP contribution in [0.25, 0.3) is 33.1 Å². The number of para-hydroxylation sites is 2. The van der Waals surface area contributed by atoms with Gasteiger partial charge in [0.25, 0.3) is 0 Å². The lowest BCUT2D eigenvalue weighted by atomic mass is 10.1. The minimum Gasteiger partial charge on any atom is -0.347 e. The highest BCUT2D eigenvalue weighted by molar-refractivity contribution is 5.85. The van der Waals surface area contributed by atoms with Gasteiger partial charge in [-0.3, -0.25) is 4.79 Å². The molecule has 0 spiro atoms. The SMILES string of the molecule is CCn1cc(-c2ccc3ccccc3n2)c(=O)c2ccccc21. The monoisotopic (exact) mass is 300 g/mol. The van der Waals surface area contributed by atoms with Crippen molar-refractivity contribution in [3.05, 3.63) is 77.1 Å². The molecule has 0 saturated heterocycles. The number of benzene rings is 2. The summed E-state index contributed by atoms with van der Waals surface area (Å²) in [7, 11) is 0. The second-order valence-corrected chi connectivity index (χ2v) is 5.56. The van der Waals surface area contributed by atoms with Crippen molar-refractivity contribution in [1.82, 2.24) is 9.55 Å². The number of hydrogen-bond donors (Lipinski definition) is 0. The highest BCUT2D eigenvalue weighted by Gasteiger charge is 2.11. The lowest BCUT2D eigenvalue weighted by Crippen LogP contribution is -2.12. The van der Waals surface area contributed by atoms with Gasteiger partial charge in [0.2, 0.25) is 0 Å². The van der Waals surface area contributed by atoms with E-state index in [1.165, 1.54) is 0 Å². The van der Waals surface area contributed by atoms with E-state index < -0.39 is 0 Å². The van der Waals surface area contributed by atoms with Gasteiger partial charge in [-0.25, -0.2) is 4.98 Å². The summed E-state index contributed by atoms with van der Waals surface area (Å²) in [6, 6.07) is 19.6. The minimum absolute atomic E-state index is 0.0353. The summed E-state index contributed by atoms with van der Waals surface area (Å²) < 4.78 is 2.10. The molecule has 2 aromatic heterocycles. The molecule has 23 heavy (non-hydrogen) atoms. The highest BCUT2D eigenvalue weighted by Crippen LogP contribution is 2.21. The second kappa shape index (κ2) is 5.36. The van der Waals surface area contributed by atoms with Crippen LogP contribution in [-0.2, 0) is 6.54 Å². The average Bonchev–Trinajstić information content (AvgIpc) is 2.62. The van der Waals surface area contributed by atoms with Gasteiger partial charge in [-0.15, -0.1) is 0 Å². The summed E-state index contributed by atoms with van der Waals surface area (Å²) in [5.41, 5.74) is 3.27. The van der Waals surface area contributed by atoms with Crippen LogP contribution in [0.1, 0.15) is 6.92 Å². The van der Waals surface area contributed by atoms with E-state index in [4.69, 9.17) is 0 Å². The molecule has 2 aromatic carbocycles. The van der Waals surface area contributed by atoms with E-state index in [1.807, 2.05) is 66.9 Å². The van der Waals surface area contributed by atoms with Crippen LogP contribution in [0.5, 0.6) is 0 Å². The summed E-state index contributed by atoms with van der Waals surface area (Å²) in [6.45, 7) is 2.88. The second-order valence-electron chi connectivity index (χ2n) is 5.56. The van der Waals surface area contributed by atoms with Crippen LogP contribution in [0.2, 0.25) is 0 Å². The van der Waals surface area contributed by atoms with Crippen molar-refractivity contribution in [3.8, 4) is 11.3 Å². The van der Waals surface area contributed by atoms with Gasteiger partial charge in [0, 0.05) is 23.5 Å². The number of rotatable bonds is 2. The van der Waals surface area contributed by atoms with Gasteiger partial charge in [0.05, 0.1) is 22.3 Å². The molecule has 0 fully saturated rings. The van der Waals surface area contributed by atoms with Crippen LogP contribution < -0.4 is 5.43 Å². The third kappa shape index (κ3) is 2.21. The maximum Gasteiger partial charge on any atom is 0.198 e. The molecule has 0 radical (unpaired) electrons. The molecule has 3 nitrogen and oxygen atoms in total. The molecule has 0 aliphatic heterocycles. The van der Waals surface area contributed by atoms with Crippen LogP contribution >= 0.6 is 0 Å². The molecule has 4 rings (SSSR count). The topological polar surface area (TPSA) is 34.9 Å². The Labute approximate surface area is 133 Å². The molecule has 0 N–H and O–H groups in total. The molecule has 4 aromatic rings. The minimum atomic E-state index is 0.0353. The Bertz CT molecular complexity index is 1080. The summed E-state index contributed by atoms with van der Waals surface area (Å²) >= 11 is 0. The van der Waals surface area contributed by atoms with Crippen LogP contribution in [0.4, 0.5) is 0 Å². The third-order valence-corrected chi connectivity index (χ3v) is 4.20. The van der Waals surface area contributed by atoms with Gasteiger partial charge in [-0.1, -0.05) is 36.4 Å². The van der Waals surface area contributed by atoms with E-state index in [9.17, 15) is 4.79 Å². The van der Waals surface area contributed by atoms with Crippen molar-refractivity contribution in [1.29, 1.82) is 0 Å². The Hall–Kier alpha value is -2.94. The van der Waals surface area contributed by atoms with E-state index in [1.54, 1.807) is 0 Å². The predicted octanol–water partition coefficient (Wildman–Crippen LogP) is 4.24. The van der Waals surface area contributed by atoms with Crippen LogP contribution in [-0.4, -0.2) is 9.55 Å². The van der Waals surface area contributed by atoms with E-state index in [2.05, 4.69) is 16.5 Å². The summed E-state index contributed by atoms with van der Waals surface area (Å²) in [5.74, 6) is 0. The maximum absolute atomic E-state index is 12.9. The molecule has 0 saturated carbocycles. The van der Waals surface area contributed by atoms with Crippen LogP contribution in [0, 0.1) is 0 Å². The number of aryl methyl sites for hydroxylation is 1. The van der Waals surface area contributed by atoms with Gasteiger partial charge in [-0.05, 0) is 31.2 Å². The molecule has 112 valence electrons. The predicted molar refractivity (Wildman–Crippen MR) is 94.6 cm³/mol. The molecule has 0 amide bonds. The fraction of sp³-hybridized carbons (Fsp3) is 0.100. The zero-order chi connectivity index (χ0) is 15.8. The smallest absolute Gasteiger partial charge is 0.198 e. The first kappa shape index (κ1) is 13.7. The van der Waals surface area contributed by atoms with Crippen molar-refractivity contribution in [3.63, 3.8) is 0 Å². The summed E-state index contributed by atoms with van der Waals surface area (Å²) in [5, 5.41) is 1.81. The van der Waals surface area contributed by atoms with Gasteiger partial charge < -0.3 is 4.57 Å². The Balaban J connectivity index is 2.04. The molecular formula is C20H16N2O. The highest BCUT2D eigenvalue weighted by atomic mass is 16.1. The third-order valence-electron chi connectivity index (χ3n) is 4.20. The first-order valence-electron chi connectivity index (χ1n) is 7.76. The first-order valence-corrected chi connectivity index (χ1v) is 7.76. The van der Waals surface area contributed by atoms with E-state index in [-0.39, 0.29) is 5.43 Å². The standard InChI is InChI=1S/C20H16N2O/c1-2-22-13-16(20(23)15-8-4-6-10-19(15)22)18-12-11-14-7-3-5-9-17(14)21-18/h3-13H,2H2,1H3. The largest absolute Gasteiger partial charge is 0.347 e. The number of aromatic nitrogens is 2. The molecule has 0 bridgehead atoms. The van der Waals surface area contributed by atoms with Crippen LogP contribution in [0.3, 0.4) is 0 Å². The molecule has 2 heterocycles. The van der Waals surface area contributed by atoms with Gasteiger partial charge in [-0.2, -0.15) is 0 Å². The van der Waals surface area contributed by atoms with Gasteiger partial charge in [0.1, 0.15) is 0 Å². The Morgan fingerprint density at radius 3 is 2.61 bits per heavy atom. The van der Waals surface area contributed by atoms with Crippen molar-refractivity contribution in [2.24, 2.45) is 0 Å². The molecule has 0 atom stereocenters. The average molecular weight is 300 g/mol. The molecular weight excluding hydrogens is 284 g/mol. The lowest BCUT2D eigenvalue weighted by molar-refractivity contribution is 0.789. The van der Waals surface area contributed by atoms with E-state index >= 15 is 0 Å². The Morgan fingerprint density at radius 1 is 0.957 bits per heavy atom. The maximum atomic E-state index is 12.9. The van der Waals surface area contributed by atoms with Crippen molar-refractivity contribution >= 4 is 21.8 Å². The zero-order valence-corrected chi connectivity index (χ0v) is 12.9. The van der Waals surface area contributed by atoms with Crippen molar-refractivity contribution in [2.45, 2.75) is 13.5 Å². The lowest BCUT2D eigenvalue weighted by Gasteiger charge is -2.11. The van der Waals surface area contributed by atoms with Crippen molar-refractivity contribution < 1.29 is 0 Å².